The number of anilines is 1. The Bertz CT molecular complexity index is 741. The van der Waals surface area contributed by atoms with Crippen molar-refractivity contribution in [3.8, 4) is 0 Å². The highest BCUT2D eigenvalue weighted by Gasteiger charge is 2.38. The molecule has 1 fully saturated rings. The molecule has 0 atom stereocenters. The zero-order valence-corrected chi connectivity index (χ0v) is 12.0. The highest BCUT2D eigenvalue weighted by atomic mass is 32.2. The molecule has 2 amide bonds. The molecule has 0 spiro atoms. The molecule has 6 nitrogen and oxygen atoms in total. The smallest absolute Gasteiger partial charge is 0.264 e. The molecule has 0 bridgehead atoms. The van der Waals surface area contributed by atoms with Crippen molar-refractivity contribution >= 4 is 57.3 Å². The van der Waals surface area contributed by atoms with Gasteiger partial charge in [-0.3, -0.25) is 9.59 Å². The second kappa shape index (κ2) is 4.97. The van der Waals surface area contributed by atoms with E-state index in [2.05, 4.69) is 5.32 Å². The van der Waals surface area contributed by atoms with Crippen molar-refractivity contribution in [2.45, 2.75) is 0 Å². The zero-order valence-electron chi connectivity index (χ0n) is 10.4. The van der Waals surface area contributed by atoms with Gasteiger partial charge in [-0.25, -0.2) is 0 Å². The molecule has 8 heteroatoms. The van der Waals surface area contributed by atoms with E-state index in [9.17, 15) is 19.5 Å². The van der Waals surface area contributed by atoms with Crippen LogP contribution in [-0.2, 0) is 14.4 Å². The van der Waals surface area contributed by atoms with Crippen LogP contribution in [0.15, 0.2) is 29.2 Å². The summed E-state index contributed by atoms with van der Waals surface area (Å²) in [7, 11) is 0. The van der Waals surface area contributed by atoms with Gasteiger partial charge in [-0.2, -0.15) is 0 Å². The lowest BCUT2D eigenvalue weighted by molar-refractivity contribution is -0.303. The van der Waals surface area contributed by atoms with E-state index >= 15 is 0 Å². The molecule has 0 saturated carbocycles. The molecule has 0 unspecified atom stereocenters. The van der Waals surface area contributed by atoms with Gasteiger partial charge in [0, 0.05) is 5.56 Å². The third kappa shape index (κ3) is 2.22. The summed E-state index contributed by atoms with van der Waals surface area (Å²) in [5.41, 5.74) is 1.14. The molecule has 1 aromatic carbocycles. The lowest BCUT2D eigenvalue weighted by atomic mass is 10.1. The Hall–Kier alpha value is -2.19. The number of carbonyl (C=O) groups is 3. The van der Waals surface area contributed by atoms with Crippen LogP contribution in [0.5, 0.6) is 0 Å². The van der Waals surface area contributed by atoms with E-state index in [1.54, 1.807) is 24.3 Å². The van der Waals surface area contributed by atoms with Gasteiger partial charge >= 0.3 is 0 Å². The van der Waals surface area contributed by atoms with Crippen molar-refractivity contribution in [1.29, 1.82) is 0 Å². The number of hydrogen-bond acceptors (Lipinski definition) is 6. The summed E-state index contributed by atoms with van der Waals surface area (Å²) in [6.45, 7) is -0.566. The van der Waals surface area contributed by atoms with E-state index in [4.69, 9.17) is 12.2 Å². The van der Waals surface area contributed by atoms with Gasteiger partial charge in [-0.15, -0.1) is 0 Å². The van der Waals surface area contributed by atoms with Gasteiger partial charge in [0.2, 0.25) is 0 Å². The van der Waals surface area contributed by atoms with Crippen LogP contribution < -0.4 is 15.3 Å². The summed E-state index contributed by atoms with van der Waals surface area (Å²) in [5.74, 6) is -2.36. The summed E-state index contributed by atoms with van der Waals surface area (Å²) in [6.07, 6.45) is 0. The molecule has 1 saturated heterocycles. The Morgan fingerprint density at radius 3 is 2.67 bits per heavy atom. The first-order chi connectivity index (χ1) is 9.99. The minimum absolute atomic E-state index is 0.175. The number of rotatable bonds is 2. The molecule has 106 valence electrons. The van der Waals surface area contributed by atoms with E-state index in [1.165, 1.54) is 0 Å². The first kappa shape index (κ1) is 13.8. The van der Waals surface area contributed by atoms with Gasteiger partial charge in [0.15, 0.2) is 0 Å². The highest BCUT2D eigenvalue weighted by Crippen LogP contribution is 2.42. The molecule has 0 aromatic heterocycles. The maximum Gasteiger partial charge on any atom is 0.264 e. The number of para-hydroxylation sites is 1. The summed E-state index contributed by atoms with van der Waals surface area (Å²) in [6, 6.07) is 6.69. The fourth-order valence-corrected chi connectivity index (χ4v) is 3.38. The molecule has 2 aliphatic rings. The number of nitrogens with one attached hydrogen (secondary N) is 1. The molecular formula is C13H7N2O4S2-. The minimum Gasteiger partial charge on any atom is -0.548 e. The Morgan fingerprint density at radius 1 is 1.33 bits per heavy atom. The van der Waals surface area contributed by atoms with Crippen LogP contribution in [0.4, 0.5) is 5.69 Å². The fraction of sp³-hybridized carbons (Fsp3) is 0.0769. The van der Waals surface area contributed by atoms with Crippen LogP contribution in [0.25, 0.3) is 5.57 Å². The number of aliphatic carboxylic acids is 1. The average molecular weight is 319 g/mol. The molecule has 0 aliphatic carbocycles. The van der Waals surface area contributed by atoms with E-state index in [1.807, 2.05) is 0 Å². The van der Waals surface area contributed by atoms with E-state index < -0.39 is 24.3 Å². The molecule has 0 radical (unpaired) electrons. The topological polar surface area (TPSA) is 89.5 Å². The van der Waals surface area contributed by atoms with E-state index in [-0.39, 0.29) is 14.8 Å². The number of thioether (sulfide) groups is 1. The summed E-state index contributed by atoms with van der Waals surface area (Å²) in [5, 5.41) is 13.3. The molecule has 1 aromatic rings. The third-order valence-corrected chi connectivity index (χ3v) is 4.29. The van der Waals surface area contributed by atoms with Crippen LogP contribution in [0.2, 0.25) is 0 Å². The fourth-order valence-electron chi connectivity index (χ4n) is 2.26. The summed E-state index contributed by atoms with van der Waals surface area (Å²) in [4.78, 5) is 36.5. The van der Waals surface area contributed by atoms with Gasteiger partial charge in [-0.1, -0.05) is 42.2 Å². The monoisotopic (exact) mass is 319 g/mol. The lowest BCUT2D eigenvalue weighted by Gasteiger charge is -2.17. The Kier molecular flexibility index (Phi) is 3.26. The quantitative estimate of drug-likeness (QED) is 0.591. The standard InChI is InChI=1S/C13H8N2O4S2/c16-8(17)5-15-7-4-2-1-3-6(7)9(12(15)19)10-11(18)14-13(20)21-10/h1-4H,5H2,(H,16,17)(H,14,18,20)/p-1. The van der Waals surface area contributed by atoms with Crippen molar-refractivity contribution in [1.82, 2.24) is 5.32 Å². The second-order valence-corrected chi connectivity index (χ2v) is 6.02. The molecule has 2 aliphatic heterocycles. The van der Waals surface area contributed by atoms with Crippen molar-refractivity contribution in [3.63, 3.8) is 0 Å². The lowest BCUT2D eigenvalue weighted by Crippen LogP contribution is -2.39. The van der Waals surface area contributed by atoms with Gasteiger partial charge < -0.3 is 20.1 Å². The Labute approximate surface area is 128 Å². The van der Waals surface area contributed by atoms with Gasteiger partial charge in [0.25, 0.3) is 11.8 Å². The largest absolute Gasteiger partial charge is 0.548 e. The number of benzene rings is 1. The molecule has 21 heavy (non-hydrogen) atoms. The molecule has 2 heterocycles. The van der Waals surface area contributed by atoms with Gasteiger partial charge in [0.05, 0.1) is 28.7 Å². The SMILES string of the molecule is O=C([O-])CN1C(=O)C(=C2SC(=S)NC2=O)c2ccccc21. The number of nitrogens with zero attached hydrogens (tertiary/aromatic N) is 1. The predicted octanol–water partition coefficient (Wildman–Crippen LogP) is -0.358. The first-order valence-corrected chi connectivity index (χ1v) is 7.10. The number of hydrogen-bond donors (Lipinski definition) is 1. The summed E-state index contributed by atoms with van der Waals surface area (Å²) >= 11 is 5.91. The number of carboxylic acid groups (broad SMARTS) is 1. The predicted molar refractivity (Wildman–Crippen MR) is 79.1 cm³/mol. The zero-order chi connectivity index (χ0) is 15.1. The number of fused-ring (bicyclic) bond motifs is 1. The number of amides is 2. The number of thiocarbonyl (C=S) groups is 1. The van der Waals surface area contributed by atoms with E-state index in [0.29, 0.717) is 11.3 Å². The third-order valence-electron chi connectivity index (χ3n) is 3.05. The maximum absolute atomic E-state index is 12.5. The van der Waals surface area contributed by atoms with Crippen LogP contribution in [0.3, 0.4) is 0 Å². The highest BCUT2D eigenvalue weighted by molar-refractivity contribution is 8.27. The Balaban J connectivity index is 2.18. The van der Waals surface area contributed by atoms with E-state index in [0.717, 1.165) is 16.7 Å². The van der Waals surface area contributed by atoms with Crippen LogP contribution in [-0.4, -0.2) is 28.6 Å². The van der Waals surface area contributed by atoms with Gasteiger partial charge in [-0.05, 0) is 6.07 Å². The molecule has 1 N–H and O–H groups in total. The van der Waals surface area contributed by atoms with Crippen LogP contribution >= 0.6 is 24.0 Å². The van der Waals surface area contributed by atoms with Crippen LogP contribution in [0, 0.1) is 0 Å². The van der Waals surface area contributed by atoms with Crippen molar-refractivity contribution in [2.75, 3.05) is 11.4 Å². The minimum atomic E-state index is -1.37. The molecule has 3 rings (SSSR count). The van der Waals surface area contributed by atoms with Crippen molar-refractivity contribution in [2.24, 2.45) is 0 Å². The average Bonchev–Trinajstić information content (AvgIpc) is 2.88. The normalized spacial score (nSPS) is 20.8. The second-order valence-electron chi connectivity index (χ2n) is 4.33. The van der Waals surface area contributed by atoms with Crippen molar-refractivity contribution in [3.05, 3.63) is 34.7 Å². The van der Waals surface area contributed by atoms with Gasteiger partial charge in [0.1, 0.15) is 4.32 Å². The number of carboxylic acids is 1. The Morgan fingerprint density at radius 2 is 2.05 bits per heavy atom. The van der Waals surface area contributed by atoms with Crippen LogP contribution in [0.1, 0.15) is 5.56 Å². The first-order valence-electron chi connectivity index (χ1n) is 5.87. The maximum atomic E-state index is 12.5. The molecular weight excluding hydrogens is 312 g/mol. The summed E-state index contributed by atoms with van der Waals surface area (Å²) < 4.78 is 0.270. The van der Waals surface area contributed by atoms with Crippen molar-refractivity contribution < 1.29 is 19.5 Å². The number of carbonyl (C=O) groups excluding carboxylic acids is 3.